The molecule has 0 spiro atoms. The van der Waals surface area contributed by atoms with E-state index in [9.17, 15) is 9.59 Å². The lowest BCUT2D eigenvalue weighted by molar-refractivity contribution is -0.147. The van der Waals surface area contributed by atoms with Crippen LogP contribution in [0, 0.1) is 5.92 Å². The van der Waals surface area contributed by atoms with Crippen molar-refractivity contribution in [2.24, 2.45) is 5.92 Å². The molecule has 0 aromatic rings. The molecule has 0 aliphatic heterocycles. The second-order valence-corrected chi connectivity index (χ2v) is 5.43. The topological polar surface area (TPSA) is 55.4 Å². The highest BCUT2D eigenvalue weighted by Gasteiger charge is 2.24. The normalized spacial score (nSPS) is 14.4. The van der Waals surface area contributed by atoms with E-state index < -0.39 is 6.04 Å². The average molecular weight is 294 g/mol. The van der Waals surface area contributed by atoms with Gasteiger partial charge in [0, 0.05) is 0 Å². The number of hydrogen-bond acceptors (Lipinski definition) is 3. The van der Waals surface area contributed by atoms with E-state index in [0.717, 1.165) is 0 Å². The van der Waals surface area contributed by atoms with E-state index in [4.69, 9.17) is 4.74 Å². The number of amides is 1. The van der Waals surface area contributed by atoms with Crippen molar-refractivity contribution in [2.75, 3.05) is 6.61 Å². The maximum absolute atomic E-state index is 11.6. The summed E-state index contributed by atoms with van der Waals surface area (Å²) in [6.45, 7) is 7.78. The molecule has 4 nitrogen and oxygen atoms in total. The van der Waals surface area contributed by atoms with Gasteiger partial charge >= 0.3 is 5.97 Å². The van der Waals surface area contributed by atoms with E-state index >= 15 is 0 Å². The molecule has 0 saturated heterocycles. The summed E-state index contributed by atoms with van der Waals surface area (Å²) in [5.74, 6) is -0.239. The van der Waals surface area contributed by atoms with Gasteiger partial charge < -0.3 is 10.1 Å². The zero-order valence-corrected chi connectivity index (χ0v) is 11.8. The van der Waals surface area contributed by atoms with Crippen molar-refractivity contribution in [3.63, 3.8) is 0 Å². The standard InChI is InChI=1S/C11H20BrNO3/c1-5-16-11(15)9(6-7(2)3)13-10(14)8(4)12/h7-9H,5-6H2,1-4H3,(H,13,14)/t8?,9-/m0/s1. The third-order valence-corrected chi connectivity index (χ3v) is 2.37. The highest BCUT2D eigenvalue weighted by Crippen LogP contribution is 2.08. The van der Waals surface area contributed by atoms with Crippen molar-refractivity contribution in [3.05, 3.63) is 0 Å². The van der Waals surface area contributed by atoms with Crippen molar-refractivity contribution >= 4 is 27.8 Å². The molecule has 0 saturated carbocycles. The van der Waals surface area contributed by atoms with Crippen molar-refractivity contribution in [2.45, 2.75) is 45.0 Å². The fraction of sp³-hybridized carbons (Fsp3) is 0.818. The van der Waals surface area contributed by atoms with Crippen LogP contribution in [0.3, 0.4) is 0 Å². The van der Waals surface area contributed by atoms with Crippen LogP contribution in [0.2, 0.25) is 0 Å². The summed E-state index contributed by atoms with van der Waals surface area (Å²) < 4.78 is 4.92. The summed E-state index contributed by atoms with van der Waals surface area (Å²) >= 11 is 3.16. The molecule has 0 bridgehead atoms. The quantitative estimate of drug-likeness (QED) is 0.601. The number of carbonyl (C=O) groups excluding carboxylic acids is 2. The molecule has 1 unspecified atom stereocenters. The lowest BCUT2D eigenvalue weighted by Gasteiger charge is -2.19. The Balaban J connectivity index is 4.42. The van der Waals surface area contributed by atoms with E-state index in [1.54, 1.807) is 13.8 Å². The molecule has 0 aliphatic carbocycles. The molecular weight excluding hydrogens is 274 g/mol. The maximum atomic E-state index is 11.6. The van der Waals surface area contributed by atoms with E-state index in [1.165, 1.54) is 0 Å². The van der Waals surface area contributed by atoms with Crippen LogP contribution in [0.25, 0.3) is 0 Å². The summed E-state index contributed by atoms with van der Waals surface area (Å²) in [6.07, 6.45) is 0.588. The van der Waals surface area contributed by atoms with E-state index in [1.807, 2.05) is 13.8 Å². The SMILES string of the molecule is CCOC(=O)[C@H](CC(C)C)NC(=O)C(C)Br. The van der Waals surface area contributed by atoms with Gasteiger partial charge in [0.15, 0.2) is 0 Å². The van der Waals surface area contributed by atoms with Gasteiger partial charge in [-0.3, -0.25) is 4.79 Å². The van der Waals surface area contributed by atoms with Crippen molar-refractivity contribution in [1.82, 2.24) is 5.32 Å². The molecule has 1 N–H and O–H groups in total. The molecule has 0 fully saturated rings. The van der Waals surface area contributed by atoms with E-state index in [2.05, 4.69) is 21.2 Å². The Morgan fingerprint density at radius 2 is 1.88 bits per heavy atom. The number of nitrogens with one attached hydrogen (secondary N) is 1. The van der Waals surface area contributed by atoms with Crippen molar-refractivity contribution in [1.29, 1.82) is 0 Å². The van der Waals surface area contributed by atoms with Gasteiger partial charge in [0.25, 0.3) is 0 Å². The first-order valence-corrected chi connectivity index (χ1v) is 6.41. The van der Waals surface area contributed by atoms with E-state index in [0.29, 0.717) is 18.9 Å². The minimum absolute atomic E-state index is 0.196. The van der Waals surface area contributed by atoms with Gasteiger partial charge in [-0.2, -0.15) is 0 Å². The molecule has 0 aromatic carbocycles. The largest absolute Gasteiger partial charge is 0.464 e. The molecule has 94 valence electrons. The molecule has 5 heteroatoms. The molecule has 0 radical (unpaired) electrons. The van der Waals surface area contributed by atoms with Crippen LogP contribution in [0.15, 0.2) is 0 Å². The van der Waals surface area contributed by atoms with Crippen LogP contribution in [0.1, 0.15) is 34.1 Å². The maximum Gasteiger partial charge on any atom is 0.328 e. The highest BCUT2D eigenvalue weighted by atomic mass is 79.9. The Labute approximate surface area is 105 Å². The third kappa shape index (κ3) is 6.10. The molecular formula is C11H20BrNO3. The number of esters is 1. The Morgan fingerprint density at radius 1 is 1.31 bits per heavy atom. The zero-order chi connectivity index (χ0) is 12.7. The first-order chi connectivity index (χ1) is 7.38. The summed E-state index contributed by atoms with van der Waals surface area (Å²) in [6, 6.07) is -0.549. The van der Waals surface area contributed by atoms with Gasteiger partial charge in [-0.05, 0) is 26.2 Å². The number of hydrogen-bond donors (Lipinski definition) is 1. The van der Waals surface area contributed by atoms with Crippen LogP contribution < -0.4 is 5.32 Å². The van der Waals surface area contributed by atoms with Gasteiger partial charge in [-0.15, -0.1) is 0 Å². The molecule has 0 aromatic heterocycles. The molecule has 0 aliphatic rings. The van der Waals surface area contributed by atoms with Crippen LogP contribution in [0.5, 0.6) is 0 Å². The molecule has 16 heavy (non-hydrogen) atoms. The minimum atomic E-state index is -0.549. The zero-order valence-electron chi connectivity index (χ0n) is 10.2. The van der Waals surface area contributed by atoms with Crippen molar-refractivity contribution < 1.29 is 14.3 Å². The smallest absolute Gasteiger partial charge is 0.328 e. The first-order valence-electron chi connectivity index (χ1n) is 5.49. The van der Waals surface area contributed by atoms with E-state index in [-0.39, 0.29) is 16.7 Å². The first kappa shape index (κ1) is 15.4. The summed E-state index contributed by atoms with van der Waals surface area (Å²) in [7, 11) is 0. The van der Waals surface area contributed by atoms with Gasteiger partial charge in [-0.25, -0.2) is 4.79 Å². The second-order valence-electron chi connectivity index (χ2n) is 4.06. The molecule has 0 heterocycles. The van der Waals surface area contributed by atoms with Gasteiger partial charge in [0.2, 0.25) is 5.91 Å². The summed E-state index contributed by atoms with van der Waals surface area (Å²) in [4.78, 5) is 22.8. The molecule has 1 amide bonds. The number of ether oxygens (including phenoxy) is 1. The summed E-state index contributed by atoms with van der Waals surface area (Å²) in [5, 5.41) is 2.67. The van der Waals surface area contributed by atoms with Gasteiger partial charge in [0.1, 0.15) is 6.04 Å². The van der Waals surface area contributed by atoms with Crippen LogP contribution in [-0.2, 0) is 14.3 Å². The Hall–Kier alpha value is -0.580. The second kappa shape index (κ2) is 7.65. The predicted molar refractivity (Wildman–Crippen MR) is 66.4 cm³/mol. The molecule has 2 atom stereocenters. The fourth-order valence-corrected chi connectivity index (χ4v) is 1.35. The number of carbonyl (C=O) groups is 2. The van der Waals surface area contributed by atoms with Gasteiger partial charge in [-0.1, -0.05) is 29.8 Å². The number of halogens is 1. The van der Waals surface area contributed by atoms with Crippen LogP contribution >= 0.6 is 15.9 Å². The third-order valence-electron chi connectivity index (χ3n) is 1.96. The predicted octanol–water partition coefficient (Wildman–Crippen LogP) is 1.86. The molecule has 0 rings (SSSR count). The lowest BCUT2D eigenvalue weighted by atomic mass is 10.0. The number of rotatable bonds is 6. The minimum Gasteiger partial charge on any atom is -0.464 e. The Bertz CT molecular complexity index is 241. The number of alkyl halides is 1. The Morgan fingerprint density at radius 3 is 2.25 bits per heavy atom. The van der Waals surface area contributed by atoms with Crippen LogP contribution in [0.4, 0.5) is 0 Å². The lowest BCUT2D eigenvalue weighted by Crippen LogP contribution is -2.45. The Kier molecular flexibility index (Phi) is 7.38. The highest BCUT2D eigenvalue weighted by molar-refractivity contribution is 9.10. The average Bonchev–Trinajstić information content (AvgIpc) is 2.16. The van der Waals surface area contributed by atoms with Crippen LogP contribution in [-0.4, -0.2) is 29.4 Å². The summed E-state index contributed by atoms with van der Waals surface area (Å²) in [5.41, 5.74) is 0. The monoisotopic (exact) mass is 293 g/mol. The van der Waals surface area contributed by atoms with Gasteiger partial charge in [0.05, 0.1) is 11.4 Å². The fourth-order valence-electron chi connectivity index (χ4n) is 1.21. The van der Waals surface area contributed by atoms with Crippen molar-refractivity contribution in [3.8, 4) is 0 Å².